The molecule has 0 N–H and O–H groups in total. The van der Waals surface area contributed by atoms with E-state index in [4.69, 9.17) is 0 Å². The summed E-state index contributed by atoms with van der Waals surface area (Å²) in [4.78, 5) is 18.8. The van der Waals surface area contributed by atoms with Gasteiger partial charge in [0.2, 0.25) is 0 Å². The topological polar surface area (TPSA) is 32.7 Å². The molecule has 0 aromatic heterocycles. The van der Waals surface area contributed by atoms with E-state index in [0.717, 1.165) is 17.7 Å². The van der Waals surface area contributed by atoms with Gasteiger partial charge < -0.3 is 0 Å². The molecule has 0 aliphatic carbocycles. The van der Waals surface area contributed by atoms with E-state index in [1.807, 2.05) is 30.3 Å². The number of hydrogen-bond acceptors (Lipinski definition) is 3. The number of amidine groups is 1. The van der Waals surface area contributed by atoms with Crippen LogP contribution >= 0.6 is 11.8 Å². The van der Waals surface area contributed by atoms with Crippen LogP contribution in [-0.4, -0.2) is 28.3 Å². The molecule has 1 fully saturated rings. The van der Waals surface area contributed by atoms with E-state index >= 15 is 0 Å². The van der Waals surface area contributed by atoms with Crippen LogP contribution < -0.4 is 0 Å². The highest BCUT2D eigenvalue weighted by atomic mass is 32.2. The Balaban J connectivity index is 1.81. The first-order valence-electron chi connectivity index (χ1n) is 7.53. The smallest absolute Gasteiger partial charge is 0.262 e. The van der Waals surface area contributed by atoms with Crippen molar-refractivity contribution in [3.63, 3.8) is 0 Å². The molecular formula is C18H17FN2OS. The number of nitrogens with zero attached hydrogens (tertiary/aromatic N) is 2. The number of hydrogen-bond donors (Lipinski definition) is 0. The Bertz CT molecular complexity index is 718. The number of amides is 1. The number of aliphatic imine (C=N–C) groups is 1. The summed E-state index contributed by atoms with van der Waals surface area (Å²) in [6.45, 7) is 1.10. The lowest BCUT2D eigenvalue weighted by molar-refractivity contribution is 0.0844. The molecule has 1 saturated heterocycles. The second kappa shape index (κ2) is 7.42. The minimum Gasteiger partial charge on any atom is -0.287 e. The fourth-order valence-electron chi connectivity index (χ4n) is 2.40. The fourth-order valence-corrected chi connectivity index (χ4v) is 3.34. The van der Waals surface area contributed by atoms with E-state index in [2.05, 4.69) is 4.99 Å². The van der Waals surface area contributed by atoms with Crippen LogP contribution in [0, 0.1) is 5.82 Å². The molecule has 1 aliphatic rings. The first kappa shape index (κ1) is 15.7. The van der Waals surface area contributed by atoms with Gasteiger partial charge in [0.25, 0.3) is 5.91 Å². The van der Waals surface area contributed by atoms with E-state index in [1.54, 1.807) is 28.8 Å². The van der Waals surface area contributed by atoms with Gasteiger partial charge >= 0.3 is 0 Å². The highest BCUT2D eigenvalue weighted by Crippen LogP contribution is 2.22. The quantitative estimate of drug-likeness (QED) is 0.854. The predicted octanol–water partition coefficient (Wildman–Crippen LogP) is 3.96. The molecule has 0 saturated carbocycles. The highest BCUT2D eigenvalue weighted by molar-refractivity contribution is 8.13. The number of benzene rings is 2. The van der Waals surface area contributed by atoms with Crippen LogP contribution in [0.15, 0.2) is 59.6 Å². The van der Waals surface area contributed by atoms with Crippen molar-refractivity contribution in [3.8, 4) is 0 Å². The molecule has 3 nitrogen and oxygen atoms in total. The molecule has 2 aromatic rings. The summed E-state index contributed by atoms with van der Waals surface area (Å²) in [6.07, 6.45) is 0.884. The van der Waals surface area contributed by atoms with Gasteiger partial charge in [-0.05, 0) is 24.1 Å². The highest BCUT2D eigenvalue weighted by Gasteiger charge is 2.26. The maximum atomic E-state index is 13.9. The Labute approximate surface area is 139 Å². The SMILES string of the molecule is O=C(c1ccccc1F)N1CCCSC1=NCc1ccccc1. The predicted molar refractivity (Wildman–Crippen MR) is 92.1 cm³/mol. The van der Waals surface area contributed by atoms with Crippen molar-refractivity contribution in [2.24, 2.45) is 4.99 Å². The summed E-state index contributed by atoms with van der Waals surface area (Å²) < 4.78 is 13.9. The maximum absolute atomic E-state index is 13.9. The third-order valence-electron chi connectivity index (χ3n) is 3.58. The summed E-state index contributed by atoms with van der Waals surface area (Å²) in [7, 11) is 0. The van der Waals surface area contributed by atoms with Crippen LogP contribution in [0.5, 0.6) is 0 Å². The van der Waals surface area contributed by atoms with Crippen molar-refractivity contribution in [2.75, 3.05) is 12.3 Å². The molecule has 0 radical (unpaired) electrons. The van der Waals surface area contributed by atoms with Gasteiger partial charge in [0.15, 0.2) is 5.17 Å². The molecule has 3 rings (SSSR count). The monoisotopic (exact) mass is 328 g/mol. The average Bonchev–Trinajstić information content (AvgIpc) is 2.61. The van der Waals surface area contributed by atoms with Crippen molar-refractivity contribution in [1.82, 2.24) is 4.90 Å². The minimum absolute atomic E-state index is 0.0995. The average molecular weight is 328 g/mol. The molecule has 1 aliphatic heterocycles. The van der Waals surface area contributed by atoms with Gasteiger partial charge in [0.1, 0.15) is 5.82 Å². The van der Waals surface area contributed by atoms with Crippen LogP contribution in [-0.2, 0) is 6.54 Å². The van der Waals surface area contributed by atoms with Crippen molar-refractivity contribution in [3.05, 3.63) is 71.5 Å². The Morgan fingerprint density at radius 2 is 1.87 bits per heavy atom. The van der Waals surface area contributed by atoms with Crippen LogP contribution in [0.25, 0.3) is 0 Å². The maximum Gasteiger partial charge on any atom is 0.262 e. The molecule has 0 bridgehead atoms. The summed E-state index contributed by atoms with van der Waals surface area (Å²) in [5.41, 5.74) is 1.19. The third kappa shape index (κ3) is 3.79. The number of halogens is 1. The Kier molecular flexibility index (Phi) is 5.08. The van der Waals surface area contributed by atoms with E-state index in [0.29, 0.717) is 18.3 Å². The number of rotatable bonds is 3. The lowest BCUT2D eigenvalue weighted by atomic mass is 10.2. The van der Waals surface area contributed by atoms with Crippen LogP contribution in [0.4, 0.5) is 4.39 Å². The van der Waals surface area contributed by atoms with Gasteiger partial charge in [0.05, 0.1) is 12.1 Å². The normalized spacial score (nSPS) is 16.6. The van der Waals surface area contributed by atoms with Crippen molar-refractivity contribution < 1.29 is 9.18 Å². The zero-order valence-corrected chi connectivity index (χ0v) is 13.4. The largest absolute Gasteiger partial charge is 0.287 e. The molecule has 0 spiro atoms. The number of thioether (sulfide) groups is 1. The molecule has 0 atom stereocenters. The second-order valence-electron chi connectivity index (χ2n) is 5.22. The summed E-state index contributed by atoms with van der Waals surface area (Å²) in [5, 5.41) is 0.674. The van der Waals surface area contributed by atoms with Crippen molar-refractivity contribution in [1.29, 1.82) is 0 Å². The van der Waals surface area contributed by atoms with Gasteiger partial charge in [-0.25, -0.2) is 4.39 Å². The van der Waals surface area contributed by atoms with Crippen LogP contribution in [0.1, 0.15) is 22.3 Å². The summed E-state index contributed by atoms with van der Waals surface area (Å²) in [6, 6.07) is 16.0. The number of carbonyl (C=O) groups excluding carboxylic acids is 1. The molecule has 23 heavy (non-hydrogen) atoms. The molecule has 2 aromatic carbocycles. The minimum atomic E-state index is -0.490. The number of carbonyl (C=O) groups is 1. The molecular weight excluding hydrogens is 311 g/mol. The molecule has 118 valence electrons. The zero-order chi connectivity index (χ0) is 16.1. The van der Waals surface area contributed by atoms with Crippen LogP contribution in [0.2, 0.25) is 0 Å². The van der Waals surface area contributed by atoms with Crippen LogP contribution in [0.3, 0.4) is 0 Å². The molecule has 1 heterocycles. The van der Waals surface area contributed by atoms with E-state index in [-0.39, 0.29) is 11.5 Å². The lowest BCUT2D eigenvalue weighted by Crippen LogP contribution is -2.39. The van der Waals surface area contributed by atoms with Gasteiger partial charge in [-0.2, -0.15) is 0 Å². The Morgan fingerprint density at radius 1 is 1.13 bits per heavy atom. The molecule has 1 amide bonds. The standard InChI is InChI=1S/C18H17FN2OS/c19-16-10-5-4-9-15(16)17(22)21-11-6-12-23-18(21)20-13-14-7-2-1-3-8-14/h1-5,7-10H,6,11-13H2. The van der Waals surface area contributed by atoms with E-state index in [1.165, 1.54) is 12.1 Å². The summed E-state index contributed by atoms with van der Waals surface area (Å²) in [5.74, 6) is 0.117. The zero-order valence-electron chi connectivity index (χ0n) is 12.6. The fraction of sp³-hybridized carbons (Fsp3) is 0.222. The van der Waals surface area contributed by atoms with E-state index < -0.39 is 5.82 Å². The first-order chi connectivity index (χ1) is 11.3. The summed E-state index contributed by atoms with van der Waals surface area (Å²) >= 11 is 1.55. The van der Waals surface area contributed by atoms with Gasteiger partial charge in [-0.1, -0.05) is 54.2 Å². The lowest BCUT2D eigenvalue weighted by Gasteiger charge is -2.28. The van der Waals surface area contributed by atoms with E-state index in [9.17, 15) is 9.18 Å². The van der Waals surface area contributed by atoms with Crippen molar-refractivity contribution in [2.45, 2.75) is 13.0 Å². The molecule has 0 unspecified atom stereocenters. The van der Waals surface area contributed by atoms with Gasteiger partial charge in [-0.15, -0.1) is 0 Å². The van der Waals surface area contributed by atoms with Gasteiger partial charge in [0, 0.05) is 12.3 Å². The van der Waals surface area contributed by atoms with Crippen molar-refractivity contribution >= 4 is 22.8 Å². The third-order valence-corrected chi connectivity index (χ3v) is 4.68. The Hall–Kier alpha value is -2.14. The first-order valence-corrected chi connectivity index (χ1v) is 8.52. The molecule has 5 heteroatoms. The Morgan fingerprint density at radius 3 is 2.65 bits per heavy atom. The van der Waals surface area contributed by atoms with Gasteiger partial charge in [-0.3, -0.25) is 14.7 Å². The second-order valence-corrected chi connectivity index (χ2v) is 6.29.